The Morgan fingerprint density at radius 1 is 1.24 bits per heavy atom. The predicted octanol–water partition coefficient (Wildman–Crippen LogP) is 3.40. The Morgan fingerprint density at radius 3 is 2.59 bits per heavy atom. The Labute approximate surface area is 201 Å². The van der Waals surface area contributed by atoms with Gasteiger partial charge in [0.1, 0.15) is 11.6 Å². The van der Waals surface area contributed by atoms with Gasteiger partial charge in [-0.05, 0) is 62.2 Å². The number of carbonyl (C=O) groups excluding carboxylic acids is 1. The van der Waals surface area contributed by atoms with E-state index in [1.807, 2.05) is 29.7 Å². The number of hydrogen-bond acceptors (Lipinski definition) is 5. The number of aromatic nitrogens is 1. The van der Waals surface area contributed by atoms with Gasteiger partial charge in [0.25, 0.3) is 5.91 Å². The third kappa shape index (κ3) is 4.92. The van der Waals surface area contributed by atoms with Gasteiger partial charge in [-0.15, -0.1) is 6.42 Å². The number of amides is 1. The molecule has 0 atom stereocenters. The van der Waals surface area contributed by atoms with Gasteiger partial charge < -0.3 is 9.30 Å². The lowest BCUT2D eigenvalue weighted by molar-refractivity contribution is -0.122. The van der Waals surface area contributed by atoms with Crippen molar-refractivity contribution in [1.82, 2.24) is 8.87 Å². The average Bonchev–Trinajstić information content (AvgIpc) is 3.16. The molecular formula is C24H24FN3O4S2. The SMILES string of the molecule is C#CCn1c(=NC(=O)C2CCN(S(=O)(=O)c3ccc(F)cc3)CC2)sc2cc(OCC)ccc21. The lowest BCUT2D eigenvalue weighted by atomic mass is 9.98. The molecule has 0 aliphatic carbocycles. The van der Waals surface area contributed by atoms with E-state index in [0.29, 0.717) is 24.2 Å². The molecule has 1 aliphatic rings. The number of rotatable bonds is 6. The molecule has 2 aromatic carbocycles. The monoisotopic (exact) mass is 501 g/mol. The molecule has 0 N–H and O–H groups in total. The van der Waals surface area contributed by atoms with Crippen molar-refractivity contribution in [3.63, 3.8) is 0 Å². The standard InChI is InChI=1S/C24H24FN3O4S2/c1-3-13-28-21-10-7-19(32-4-2)16-22(21)33-24(28)26-23(29)17-11-14-27(15-12-17)34(30,31)20-8-5-18(25)6-9-20/h1,5-10,16-17H,4,11-15H2,2H3. The van der Waals surface area contributed by atoms with Crippen LogP contribution in [0.5, 0.6) is 5.75 Å². The molecule has 1 amide bonds. The molecule has 3 aromatic rings. The van der Waals surface area contributed by atoms with Crippen molar-refractivity contribution in [1.29, 1.82) is 0 Å². The minimum Gasteiger partial charge on any atom is -0.494 e. The average molecular weight is 502 g/mol. The molecule has 1 fully saturated rings. The van der Waals surface area contributed by atoms with Crippen molar-refractivity contribution < 1.29 is 22.3 Å². The Hall–Kier alpha value is -3.00. The van der Waals surface area contributed by atoms with E-state index in [9.17, 15) is 17.6 Å². The molecule has 0 unspecified atom stereocenters. The molecule has 0 radical (unpaired) electrons. The fraction of sp³-hybridized carbons (Fsp3) is 0.333. The first-order valence-corrected chi connectivity index (χ1v) is 13.1. The van der Waals surface area contributed by atoms with Crippen molar-refractivity contribution in [2.45, 2.75) is 31.2 Å². The number of piperidine rings is 1. The lowest BCUT2D eigenvalue weighted by Crippen LogP contribution is -2.40. The third-order valence-corrected chi connectivity index (χ3v) is 8.63. The summed E-state index contributed by atoms with van der Waals surface area (Å²) in [7, 11) is -3.74. The van der Waals surface area contributed by atoms with E-state index in [1.54, 1.807) is 0 Å². The number of nitrogens with zero attached hydrogens (tertiary/aromatic N) is 3. The number of thiazole rings is 1. The molecule has 0 saturated carbocycles. The zero-order valence-corrected chi connectivity index (χ0v) is 20.2. The summed E-state index contributed by atoms with van der Waals surface area (Å²) in [6, 6.07) is 10.4. The molecule has 1 aromatic heterocycles. The van der Waals surface area contributed by atoms with Gasteiger partial charge in [0.2, 0.25) is 10.0 Å². The molecule has 0 bridgehead atoms. The Morgan fingerprint density at radius 2 is 1.94 bits per heavy atom. The summed E-state index contributed by atoms with van der Waals surface area (Å²) in [5.74, 6) is 2.17. The second-order valence-electron chi connectivity index (χ2n) is 7.82. The maximum Gasteiger partial charge on any atom is 0.251 e. The molecule has 34 heavy (non-hydrogen) atoms. The zero-order chi connectivity index (χ0) is 24.3. The molecule has 2 heterocycles. The Balaban J connectivity index is 1.53. The van der Waals surface area contributed by atoms with Crippen LogP contribution in [0.1, 0.15) is 19.8 Å². The summed E-state index contributed by atoms with van der Waals surface area (Å²) in [5.41, 5.74) is 0.873. The number of fused-ring (bicyclic) bond motifs is 1. The van der Waals surface area contributed by atoms with Gasteiger partial charge in [-0.1, -0.05) is 17.3 Å². The zero-order valence-electron chi connectivity index (χ0n) is 18.6. The van der Waals surface area contributed by atoms with Gasteiger partial charge in [0, 0.05) is 19.0 Å². The Kier molecular flexibility index (Phi) is 7.16. The van der Waals surface area contributed by atoms with Crippen molar-refractivity contribution in [3.05, 3.63) is 53.1 Å². The number of carbonyl (C=O) groups is 1. The fourth-order valence-corrected chi connectivity index (χ4v) is 6.46. The molecule has 7 nitrogen and oxygen atoms in total. The molecule has 10 heteroatoms. The second-order valence-corrected chi connectivity index (χ2v) is 10.8. The number of halogens is 1. The third-order valence-electron chi connectivity index (χ3n) is 5.68. The highest BCUT2D eigenvalue weighted by Gasteiger charge is 2.32. The largest absolute Gasteiger partial charge is 0.494 e. The quantitative estimate of drug-likeness (QED) is 0.485. The van der Waals surface area contributed by atoms with Crippen molar-refractivity contribution in [2.24, 2.45) is 10.9 Å². The molecule has 0 spiro atoms. The number of sulfonamides is 1. The van der Waals surface area contributed by atoms with Crippen LogP contribution in [0.25, 0.3) is 10.2 Å². The summed E-state index contributed by atoms with van der Waals surface area (Å²) in [5, 5.41) is 0. The molecule has 1 saturated heterocycles. The topological polar surface area (TPSA) is 81.0 Å². The summed E-state index contributed by atoms with van der Waals surface area (Å²) >= 11 is 1.36. The minimum atomic E-state index is -3.74. The first-order chi connectivity index (χ1) is 16.3. The van der Waals surface area contributed by atoms with Crippen LogP contribution in [-0.4, -0.2) is 42.9 Å². The minimum absolute atomic E-state index is 0.0374. The van der Waals surface area contributed by atoms with E-state index in [2.05, 4.69) is 10.9 Å². The van der Waals surface area contributed by atoms with Crippen molar-refractivity contribution in [2.75, 3.05) is 19.7 Å². The highest BCUT2D eigenvalue weighted by molar-refractivity contribution is 7.89. The van der Waals surface area contributed by atoms with E-state index in [4.69, 9.17) is 11.2 Å². The number of terminal acetylenes is 1. The summed E-state index contributed by atoms with van der Waals surface area (Å²) in [4.78, 5) is 17.9. The second kappa shape index (κ2) is 10.1. The van der Waals surface area contributed by atoms with Gasteiger partial charge >= 0.3 is 0 Å². The van der Waals surface area contributed by atoms with Crippen LogP contribution in [0.3, 0.4) is 0 Å². The van der Waals surface area contributed by atoms with E-state index in [0.717, 1.165) is 28.1 Å². The number of hydrogen-bond donors (Lipinski definition) is 0. The Bertz CT molecular complexity index is 1410. The first-order valence-electron chi connectivity index (χ1n) is 10.9. The van der Waals surface area contributed by atoms with Crippen LogP contribution in [0.4, 0.5) is 4.39 Å². The molecule has 1 aliphatic heterocycles. The van der Waals surface area contributed by atoms with Crippen LogP contribution in [0.15, 0.2) is 52.4 Å². The van der Waals surface area contributed by atoms with Crippen LogP contribution in [0.2, 0.25) is 0 Å². The highest BCUT2D eigenvalue weighted by Crippen LogP contribution is 2.26. The van der Waals surface area contributed by atoms with E-state index >= 15 is 0 Å². The summed E-state index contributed by atoms with van der Waals surface area (Å²) < 4.78 is 48.4. The first kappa shape index (κ1) is 24.1. The van der Waals surface area contributed by atoms with E-state index in [-0.39, 0.29) is 36.4 Å². The number of ether oxygens (including phenoxy) is 1. The number of benzene rings is 2. The van der Waals surface area contributed by atoms with Gasteiger partial charge in [0.15, 0.2) is 4.80 Å². The smallest absolute Gasteiger partial charge is 0.251 e. The molecular weight excluding hydrogens is 477 g/mol. The van der Waals surface area contributed by atoms with E-state index < -0.39 is 15.8 Å². The maximum atomic E-state index is 13.2. The van der Waals surface area contributed by atoms with Crippen molar-refractivity contribution >= 4 is 37.5 Å². The molecule has 4 rings (SSSR count). The lowest BCUT2D eigenvalue weighted by Gasteiger charge is -2.29. The van der Waals surface area contributed by atoms with Gasteiger partial charge in [0.05, 0.1) is 28.3 Å². The molecule has 178 valence electrons. The van der Waals surface area contributed by atoms with Crippen LogP contribution in [0, 0.1) is 24.1 Å². The van der Waals surface area contributed by atoms with E-state index in [1.165, 1.54) is 27.8 Å². The summed E-state index contributed by atoms with van der Waals surface area (Å²) in [6.07, 6.45) is 6.26. The van der Waals surface area contributed by atoms with Crippen LogP contribution >= 0.6 is 11.3 Å². The van der Waals surface area contributed by atoms with Crippen molar-refractivity contribution in [3.8, 4) is 18.1 Å². The maximum absolute atomic E-state index is 13.2. The van der Waals surface area contributed by atoms with Crippen LogP contribution in [-0.2, 0) is 21.4 Å². The predicted molar refractivity (Wildman–Crippen MR) is 128 cm³/mol. The van der Waals surface area contributed by atoms with Crippen LogP contribution < -0.4 is 9.54 Å². The normalized spacial score (nSPS) is 16.0. The fourth-order valence-electron chi connectivity index (χ4n) is 3.92. The van der Waals surface area contributed by atoms with Gasteiger partial charge in [-0.3, -0.25) is 4.79 Å². The van der Waals surface area contributed by atoms with Gasteiger partial charge in [-0.25, -0.2) is 12.8 Å². The summed E-state index contributed by atoms with van der Waals surface area (Å²) in [6.45, 7) is 3.12. The van der Waals surface area contributed by atoms with Gasteiger partial charge in [-0.2, -0.15) is 9.30 Å². The highest BCUT2D eigenvalue weighted by atomic mass is 32.2.